The highest BCUT2D eigenvalue weighted by Crippen LogP contribution is 2.14. The van der Waals surface area contributed by atoms with E-state index in [1.54, 1.807) is 0 Å². The van der Waals surface area contributed by atoms with Gasteiger partial charge in [-0.25, -0.2) is 0 Å². The molecule has 0 unspecified atom stereocenters. The number of nitrogens with one attached hydrogen (secondary N) is 1. The molecule has 0 saturated heterocycles. The minimum Gasteiger partial charge on any atom is -0.388 e. The van der Waals surface area contributed by atoms with E-state index in [1.165, 1.54) is 5.56 Å². The highest BCUT2D eigenvalue weighted by atomic mass is 14.8. The number of nitrogens with zero attached hydrogens (tertiary/aromatic N) is 1. The largest absolute Gasteiger partial charge is 0.388 e. The topological polar surface area (TPSA) is 24.9 Å². The number of pyridine rings is 1. The Bertz CT molecular complexity index is 231. The molecule has 0 radical (unpaired) electrons. The van der Waals surface area contributed by atoms with E-state index >= 15 is 0 Å². The molecule has 2 nitrogen and oxygen atoms in total. The van der Waals surface area contributed by atoms with Crippen LogP contribution in [0.3, 0.4) is 0 Å². The zero-order valence-electron chi connectivity index (χ0n) is 6.60. The number of hydrogen-bond acceptors (Lipinski definition) is 2. The van der Waals surface area contributed by atoms with Crippen molar-refractivity contribution >= 4 is 5.69 Å². The van der Waals surface area contributed by atoms with E-state index in [0.717, 1.165) is 11.4 Å². The first-order valence-electron chi connectivity index (χ1n) is 3.35. The maximum Gasteiger partial charge on any atom is 0.0422 e. The lowest BCUT2D eigenvalue weighted by Gasteiger charge is -2.05. The van der Waals surface area contributed by atoms with Crippen molar-refractivity contribution in [1.29, 1.82) is 0 Å². The van der Waals surface area contributed by atoms with Crippen molar-refractivity contribution in [2.75, 3.05) is 12.4 Å². The molecule has 0 bridgehead atoms. The van der Waals surface area contributed by atoms with Crippen LogP contribution in [0, 0.1) is 13.8 Å². The minimum atomic E-state index is 1.09. The molecule has 1 N–H and O–H groups in total. The van der Waals surface area contributed by atoms with Gasteiger partial charge in [0.1, 0.15) is 0 Å². The zero-order chi connectivity index (χ0) is 7.56. The molecular formula is C8H12N2. The molecule has 0 aliphatic carbocycles. The summed E-state index contributed by atoms with van der Waals surface area (Å²) in [4.78, 5) is 4.15. The van der Waals surface area contributed by atoms with Crippen LogP contribution < -0.4 is 5.32 Å². The molecule has 54 valence electrons. The Kier molecular flexibility index (Phi) is 1.90. The van der Waals surface area contributed by atoms with Crippen LogP contribution in [-0.4, -0.2) is 12.0 Å². The Morgan fingerprint density at radius 3 is 2.60 bits per heavy atom. The average molecular weight is 136 g/mol. The van der Waals surface area contributed by atoms with Crippen LogP contribution in [0.4, 0.5) is 5.69 Å². The first-order valence-corrected chi connectivity index (χ1v) is 3.35. The molecule has 1 rings (SSSR count). The third kappa shape index (κ3) is 1.10. The quantitative estimate of drug-likeness (QED) is 0.636. The molecule has 0 atom stereocenters. The van der Waals surface area contributed by atoms with Crippen LogP contribution in [0.15, 0.2) is 12.3 Å². The fourth-order valence-corrected chi connectivity index (χ4v) is 0.911. The van der Waals surface area contributed by atoms with E-state index in [0.29, 0.717) is 0 Å². The third-order valence-electron chi connectivity index (χ3n) is 1.73. The molecule has 1 heterocycles. The summed E-state index contributed by atoms with van der Waals surface area (Å²) in [5, 5.41) is 3.10. The summed E-state index contributed by atoms with van der Waals surface area (Å²) in [6.07, 6.45) is 1.81. The summed E-state index contributed by atoms with van der Waals surface area (Å²) >= 11 is 0. The Morgan fingerprint density at radius 1 is 1.40 bits per heavy atom. The Hall–Kier alpha value is -1.05. The molecule has 1 aromatic rings. The van der Waals surface area contributed by atoms with Gasteiger partial charge < -0.3 is 5.32 Å². The molecule has 10 heavy (non-hydrogen) atoms. The maximum absolute atomic E-state index is 4.15. The number of aryl methyl sites for hydroxylation is 1. The van der Waals surface area contributed by atoms with E-state index in [1.807, 2.05) is 26.2 Å². The van der Waals surface area contributed by atoms with Crippen LogP contribution in [0.5, 0.6) is 0 Å². The average Bonchev–Trinajstić information content (AvgIpc) is 1.95. The summed E-state index contributed by atoms with van der Waals surface area (Å²) in [7, 11) is 1.92. The van der Waals surface area contributed by atoms with Crippen molar-refractivity contribution in [2.24, 2.45) is 0 Å². The van der Waals surface area contributed by atoms with E-state index in [4.69, 9.17) is 0 Å². The van der Waals surface area contributed by atoms with Crippen molar-refractivity contribution in [3.8, 4) is 0 Å². The molecule has 0 aliphatic heterocycles. The van der Waals surface area contributed by atoms with E-state index < -0.39 is 0 Å². The molecule has 0 fully saturated rings. The second-order valence-electron chi connectivity index (χ2n) is 2.32. The first kappa shape index (κ1) is 7.06. The monoisotopic (exact) mass is 136 g/mol. The lowest BCUT2D eigenvalue weighted by molar-refractivity contribution is 1.15. The molecule has 0 saturated carbocycles. The third-order valence-corrected chi connectivity index (χ3v) is 1.73. The molecule has 0 amide bonds. The Labute approximate surface area is 61.3 Å². The fraction of sp³-hybridized carbons (Fsp3) is 0.375. The van der Waals surface area contributed by atoms with E-state index in [9.17, 15) is 0 Å². The minimum absolute atomic E-state index is 1.09. The van der Waals surface area contributed by atoms with Crippen LogP contribution in [0.25, 0.3) is 0 Å². The van der Waals surface area contributed by atoms with Gasteiger partial charge >= 0.3 is 0 Å². The van der Waals surface area contributed by atoms with Gasteiger partial charge in [0, 0.05) is 24.6 Å². The van der Waals surface area contributed by atoms with Gasteiger partial charge in [0.15, 0.2) is 0 Å². The highest BCUT2D eigenvalue weighted by Gasteiger charge is 1.96. The van der Waals surface area contributed by atoms with E-state index in [2.05, 4.69) is 17.2 Å². The van der Waals surface area contributed by atoms with E-state index in [-0.39, 0.29) is 0 Å². The van der Waals surface area contributed by atoms with Crippen LogP contribution in [-0.2, 0) is 0 Å². The molecule has 0 aromatic carbocycles. The van der Waals surface area contributed by atoms with Gasteiger partial charge in [0.05, 0.1) is 0 Å². The standard InChI is InChI=1S/C8H12N2/c1-6-7(2)10-5-4-8(6)9-3/h4-5H,1-3H3,(H,9,10). The Morgan fingerprint density at radius 2 is 2.10 bits per heavy atom. The lowest BCUT2D eigenvalue weighted by atomic mass is 10.2. The molecular weight excluding hydrogens is 124 g/mol. The van der Waals surface area contributed by atoms with Crippen LogP contribution in [0.1, 0.15) is 11.3 Å². The number of aromatic nitrogens is 1. The van der Waals surface area contributed by atoms with Gasteiger partial charge in [0.2, 0.25) is 0 Å². The SMILES string of the molecule is CNc1ccnc(C)c1C. The van der Waals surface area contributed by atoms with Crippen molar-refractivity contribution in [3.63, 3.8) is 0 Å². The Balaban J connectivity index is 3.14. The first-order chi connectivity index (χ1) is 4.75. The van der Waals surface area contributed by atoms with Crippen LogP contribution in [0.2, 0.25) is 0 Å². The summed E-state index contributed by atoms with van der Waals surface area (Å²) in [6, 6.07) is 1.97. The molecule has 2 heteroatoms. The summed E-state index contributed by atoms with van der Waals surface area (Å²) in [6.45, 7) is 4.07. The highest BCUT2D eigenvalue weighted by molar-refractivity contribution is 5.50. The smallest absolute Gasteiger partial charge is 0.0422 e. The van der Waals surface area contributed by atoms with Gasteiger partial charge in [-0.15, -0.1) is 0 Å². The molecule has 0 spiro atoms. The van der Waals surface area contributed by atoms with Gasteiger partial charge in [0.25, 0.3) is 0 Å². The normalized spacial score (nSPS) is 9.50. The summed E-state index contributed by atoms with van der Waals surface area (Å²) in [5.74, 6) is 0. The van der Waals surface area contributed by atoms with Crippen LogP contribution >= 0.6 is 0 Å². The molecule has 0 aliphatic rings. The predicted octanol–water partition coefficient (Wildman–Crippen LogP) is 1.74. The molecule has 1 aromatic heterocycles. The fourth-order valence-electron chi connectivity index (χ4n) is 0.911. The predicted molar refractivity (Wildman–Crippen MR) is 43.3 cm³/mol. The van der Waals surface area contributed by atoms with Crippen molar-refractivity contribution in [1.82, 2.24) is 4.98 Å². The van der Waals surface area contributed by atoms with Crippen molar-refractivity contribution < 1.29 is 0 Å². The summed E-state index contributed by atoms with van der Waals surface area (Å²) in [5.41, 5.74) is 3.48. The number of hydrogen-bond donors (Lipinski definition) is 1. The zero-order valence-corrected chi connectivity index (χ0v) is 6.60. The van der Waals surface area contributed by atoms with Gasteiger partial charge in [-0.3, -0.25) is 4.98 Å². The number of anilines is 1. The maximum atomic E-state index is 4.15. The summed E-state index contributed by atoms with van der Waals surface area (Å²) < 4.78 is 0. The second kappa shape index (κ2) is 2.69. The number of rotatable bonds is 1. The van der Waals surface area contributed by atoms with Crippen molar-refractivity contribution in [3.05, 3.63) is 23.5 Å². The van der Waals surface area contributed by atoms with Crippen molar-refractivity contribution in [2.45, 2.75) is 13.8 Å². The van der Waals surface area contributed by atoms with Gasteiger partial charge in [-0.1, -0.05) is 0 Å². The lowest BCUT2D eigenvalue weighted by Crippen LogP contribution is -1.94. The second-order valence-corrected chi connectivity index (χ2v) is 2.32. The van der Waals surface area contributed by atoms with Gasteiger partial charge in [-0.2, -0.15) is 0 Å². The van der Waals surface area contributed by atoms with Gasteiger partial charge in [-0.05, 0) is 25.5 Å².